The van der Waals surface area contributed by atoms with E-state index in [0.29, 0.717) is 24.3 Å². The number of benzene rings is 2. The first-order valence-corrected chi connectivity index (χ1v) is 16.0. The molecule has 0 amide bonds. The number of oxazole rings is 1. The second kappa shape index (κ2) is 16.9. The van der Waals surface area contributed by atoms with Gasteiger partial charge in [0.05, 0.1) is 0 Å². The molecule has 1 aliphatic rings. The largest absolute Gasteiger partial charge is 0.436 e. The van der Waals surface area contributed by atoms with Gasteiger partial charge in [-0.15, -0.1) is 0 Å². The number of rotatable bonds is 12. The number of nitrogens with two attached hydrogens (primary N) is 1. The zero-order valence-electron chi connectivity index (χ0n) is 25.9. The van der Waals surface area contributed by atoms with Crippen LogP contribution in [-0.4, -0.2) is 96.8 Å². The molecular formula is C32H47N11O. The Balaban J connectivity index is 1.17. The van der Waals surface area contributed by atoms with E-state index in [9.17, 15) is 0 Å². The molecule has 0 unspecified atom stereocenters. The van der Waals surface area contributed by atoms with Crippen LogP contribution in [0.5, 0.6) is 0 Å². The second-order valence-corrected chi connectivity index (χ2v) is 11.1. The number of unbranched alkanes of at least 4 members (excludes halogenated alkanes) is 1. The molecule has 1 fully saturated rings. The highest BCUT2D eigenvalue weighted by Gasteiger charge is 2.14. The van der Waals surface area contributed by atoms with Gasteiger partial charge in [0.15, 0.2) is 5.58 Å². The Bertz CT molecular complexity index is 1370. The van der Waals surface area contributed by atoms with Gasteiger partial charge in [-0.2, -0.15) is 15.0 Å². The van der Waals surface area contributed by atoms with Gasteiger partial charge in [-0.3, -0.25) is 0 Å². The summed E-state index contributed by atoms with van der Waals surface area (Å²) in [6.45, 7) is 13.6. The van der Waals surface area contributed by atoms with E-state index in [1.165, 1.54) is 0 Å². The monoisotopic (exact) mass is 601 g/mol. The Morgan fingerprint density at radius 2 is 1.55 bits per heavy atom. The third-order valence-corrected chi connectivity index (χ3v) is 7.72. The third kappa shape index (κ3) is 9.58. The Kier molecular flexibility index (Phi) is 12.1. The Hall–Kier alpha value is -3.84. The van der Waals surface area contributed by atoms with Gasteiger partial charge < -0.3 is 41.2 Å². The lowest BCUT2D eigenvalue weighted by atomic mass is 10.1. The highest BCUT2D eigenvalue weighted by atomic mass is 16.3. The fourth-order valence-electron chi connectivity index (χ4n) is 5.23. The summed E-state index contributed by atoms with van der Waals surface area (Å²) in [5.74, 6) is 1.94. The number of hydrogen-bond acceptors (Lipinski definition) is 12. The van der Waals surface area contributed by atoms with Gasteiger partial charge >= 0.3 is 0 Å². The molecule has 6 N–H and O–H groups in total. The van der Waals surface area contributed by atoms with Gasteiger partial charge in [-0.25, -0.2) is 4.98 Å². The van der Waals surface area contributed by atoms with E-state index in [-0.39, 0.29) is 5.95 Å². The molecule has 3 heterocycles. The first-order valence-electron chi connectivity index (χ1n) is 16.0. The van der Waals surface area contributed by atoms with Gasteiger partial charge in [0.1, 0.15) is 5.52 Å². The van der Waals surface area contributed by atoms with E-state index < -0.39 is 0 Å². The molecule has 12 heteroatoms. The van der Waals surface area contributed by atoms with Crippen LogP contribution in [0.15, 0.2) is 52.9 Å². The molecule has 0 saturated carbocycles. The number of para-hydroxylation sites is 2. The van der Waals surface area contributed by atoms with E-state index in [1.807, 2.05) is 36.4 Å². The maximum absolute atomic E-state index is 6.17. The molecule has 1 aliphatic heterocycles. The van der Waals surface area contributed by atoms with Crippen molar-refractivity contribution in [3.05, 3.63) is 54.1 Å². The molecule has 0 bridgehead atoms. The molecular weight excluding hydrogens is 554 g/mol. The summed E-state index contributed by atoms with van der Waals surface area (Å²) >= 11 is 0. The summed E-state index contributed by atoms with van der Waals surface area (Å²) in [6.07, 6.45) is 3.18. The van der Waals surface area contributed by atoms with Crippen molar-refractivity contribution in [2.24, 2.45) is 0 Å². The van der Waals surface area contributed by atoms with Crippen molar-refractivity contribution in [2.45, 2.75) is 32.7 Å². The van der Waals surface area contributed by atoms with E-state index in [4.69, 9.17) is 15.1 Å². The van der Waals surface area contributed by atoms with Crippen LogP contribution in [-0.2, 0) is 6.54 Å². The van der Waals surface area contributed by atoms with Crippen molar-refractivity contribution in [1.82, 2.24) is 40.8 Å². The summed E-state index contributed by atoms with van der Waals surface area (Å²) in [5, 5.41) is 13.9. The molecule has 1 saturated heterocycles. The number of nitrogen functional groups attached to an aromatic ring is 1. The lowest BCUT2D eigenvalue weighted by Crippen LogP contribution is -2.42. The summed E-state index contributed by atoms with van der Waals surface area (Å²) in [6, 6.07) is 15.9. The average molecular weight is 602 g/mol. The van der Waals surface area contributed by atoms with Crippen molar-refractivity contribution >= 4 is 28.9 Å². The van der Waals surface area contributed by atoms with Crippen molar-refractivity contribution in [3.63, 3.8) is 0 Å². The fourth-order valence-corrected chi connectivity index (χ4v) is 5.23. The Morgan fingerprint density at radius 3 is 2.27 bits per heavy atom. The lowest BCUT2D eigenvalue weighted by Gasteiger charge is -2.27. The van der Waals surface area contributed by atoms with Gasteiger partial charge in [0, 0.05) is 77.6 Å². The standard InChI is InChI=1S/C32H47N11O/c1-2-3-20-43(21-6-19-42-22-17-35-15-13-34-14-16-36-18-23-42)32-40-30(33)39-31(41-32)37-24-25-9-11-26(12-10-25)29-38-27-7-4-5-8-28(27)44-29/h4-5,7-12,34-36H,2-3,6,13-24H2,1H3,(H3,33,37,39,40,41). The predicted molar refractivity (Wildman–Crippen MR) is 178 cm³/mol. The van der Waals surface area contributed by atoms with Gasteiger partial charge in [0.2, 0.25) is 23.7 Å². The zero-order chi connectivity index (χ0) is 30.4. The lowest BCUT2D eigenvalue weighted by molar-refractivity contribution is 0.268. The summed E-state index contributed by atoms with van der Waals surface area (Å²) in [4.78, 5) is 23.1. The van der Waals surface area contributed by atoms with Crippen molar-refractivity contribution in [3.8, 4) is 11.5 Å². The van der Waals surface area contributed by atoms with E-state index in [1.54, 1.807) is 0 Å². The highest BCUT2D eigenvalue weighted by Crippen LogP contribution is 2.24. The van der Waals surface area contributed by atoms with Crippen molar-refractivity contribution in [2.75, 3.05) is 87.9 Å². The quantitative estimate of drug-likeness (QED) is 0.163. The first-order chi connectivity index (χ1) is 21.7. The molecule has 236 valence electrons. The molecule has 0 radical (unpaired) electrons. The number of anilines is 3. The Morgan fingerprint density at radius 1 is 0.841 bits per heavy atom. The molecule has 4 aromatic rings. The predicted octanol–water partition coefficient (Wildman–Crippen LogP) is 2.96. The van der Waals surface area contributed by atoms with Crippen LogP contribution in [0.1, 0.15) is 31.7 Å². The number of aromatic nitrogens is 4. The zero-order valence-corrected chi connectivity index (χ0v) is 25.9. The van der Waals surface area contributed by atoms with Gasteiger partial charge in [0.25, 0.3) is 0 Å². The van der Waals surface area contributed by atoms with Gasteiger partial charge in [-0.1, -0.05) is 37.6 Å². The van der Waals surface area contributed by atoms with Crippen LogP contribution >= 0.6 is 0 Å². The van der Waals surface area contributed by atoms with E-state index >= 15 is 0 Å². The Labute approximate surface area is 260 Å². The molecule has 0 atom stereocenters. The number of hydrogen-bond donors (Lipinski definition) is 5. The molecule has 12 nitrogen and oxygen atoms in total. The summed E-state index contributed by atoms with van der Waals surface area (Å²) in [5.41, 5.74) is 9.82. The van der Waals surface area contributed by atoms with Crippen LogP contribution in [0.2, 0.25) is 0 Å². The minimum Gasteiger partial charge on any atom is -0.436 e. The molecule has 0 aliphatic carbocycles. The number of fused-ring (bicyclic) bond motifs is 1. The average Bonchev–Trinajstić information content (AvgIpc) is 3.47. The number of nitrogens with zero attached hydrogens (tertiary/aromatic N) is 6. The summed E-state index contributed by atoms with van der Waals surface area (Å²) < 4.78 is 5.91. The van der Waals surface area contributed by atoms with Crippen LogP contribution < -0.4 is 31.9 Å². The van der Waals surface area contributed by atoms with E-state index in [2.05, 4.69) is 65.1 Å². The number of nitrogens with one attached hydrogen (secondary N) is 4. The molecule has 2 aromatic heterocycles. The minimum atomic E-state index is 0.222. The molecule has 5 rings (SSSR count). The van der Waals surface area contributed by atoms with Crippen molar-refractivity contribution in [1.29, 1.82) is 0 Å². The molecule has 2 aromatic carbocycles. The van der Waals surface area contributed by atoms with Crippen LogP contribution in [0.3, 0.4) is 0 Å². The highest BCUT2D eigenvalue weighted by molar-refractivity contribution is 5.76. The van der Waals surface area contributed by atoms with Crippen molar-refractivity contribution < 1.29 is 4.42 Å². The summed E-state index contributed by atoms with van der Waals surface area (Å²) in [7, 11) is 0. The molecule has 44 heavy (non-hydrogen) atoms. The van der Waals surface area contributed by atoms with Gasteiger partial charge in [-0.05, 0) is 49.2 Å². The maximum Gasteiger partial charge on any atom is 0.231 e. The van der Waals surface area contributed by atoms with Crippen LogP contribution in [0, 0.1) is 0 Å². The maximum atomic E-state index is 6.17. The SMILES string of the molecule is CCCCN(CCCN1CCNCCNCCNCC1)c1nc(N)nc(NCc2ccc(-c3nc4ccccc4o3)cc2)n1. The third-order valence-electron chi connectivity index (χ3n) is 7.72. The fraction of sp³-hybridized carbons (Fsp3) is 0.500. The smallest absolute Gasteiger partial charge is 0.231 e. The topological polar surface area (TPSA) is 145 Å². The van der Waals surface area contributed by atoms with Crippen LogP contribution in [0.4, 0.5) is 17.8 Å². The normalized spacial score (nSPS) is 15.5. The van der Waals surface area contributed by atoms with E-state index in [0.717, 1.165) is 113 Å². The van der Waals surface area contributed by atoms with Crippen LogP contribution in [0.25, 0.3) is 22.6 Å². The second-order valence-electron chi connectivity index (χ2n) is 11.1. The first kappa shape index (κ1) is 31.6. The molecule has 0 spiro atoms. The minimum absolute atomic E-state index is 0.222.